The molecule has 6 heteroatoms. The molecule has 0 saturated carbocycles. The van der Waals surface area contributed by atoms with E-state index in [0.717, 1.165) is 5.82 Å². The summed E-state index contributed by atoms with van der Waals surface area (Å²) in [5.74, 6) is 0.301. The second-order valence-corrected chi connectivity index (χ2v) is 4.15. The van der Waals surface area contributed by atoms with Crippen molar-refractivity contribution in [2.75, 3.05) is 6.54 Å². The van der Waals surface area contributed by atoms with E-state index in [2.05, 4.69) is 15.4 Å². The summed E-state index contributed by atoms with van der Waals surface area (Å²) in [7, 11) is 1.81. The maximum Gasteiger partial charge on any atom is 0.151 e. The van der Waals surface area contributed by atoms with Crippen LogP contribution in [-0.4, -0.2) is 21.3 Å². The fraction of sp³-hybridized carbons (Fsp3) is 0.308. The molecule has 0 aliphatic heterocycles. The minimum Gasteiger partial charge on any atom is -0.312 e. The van der Waals surface area contributed by atoms with Crippen molar-refractivity contribution in [3.05, 3.63) is 47.3 Å². The smallest absolute Gasteiger partial charge is 0.151 e. The van der Waals surface area contributed by atoms with E-state index in [1.807, 2.05) is 13.1 Å². The first kappa shape index (κ1) is 13.2. The van der Waals surface area contributed by atoms with Crippen molar-refractivity contribution in [1.82, 2.24) is 20.1 Å². The fourth-order valence-electron chi connectivity index (χ4n) is 1.72. The van der Waals surface area contributed by atoms with Crippen molar-refractivity contribution in [1.29, 1.82) is 5.26 Å². The molecular weight excluding hydrogens is 245 g/mol. The number of benzene rings is 1. The number of aryl methyl sites for hydroxylation is 1. The van der Waals surface area contributed by atoms with Crippen molar-refractivity contribution in [2.24, 2.45) is 7.05 Å². The predicted octanol–water partition coefficient (Wildman–Crippen LogP) is 1.16. The molecule has 0 saturated heterocycles. The number of halogens is 1. The van der Waals surface area contributed by atoms with Gasteiger partial charge in [-0.2, -0.15) is 10.4 Å². The molecule has 19 heavy (non-hydrogen) atoms. The van der Waals surface area contributed by atoms with Gasteiger partial charge in [-0.15, -0.1) is 0 Å². The first-order chi connectivity index (χ1) is 9.20. The number of nitriles is 1. The predicted molar refractivity (Wildman–Crippen MR) is 67.5 cm³/mol. The lowest BCUT2D eigenvalue weighted by Crippen LogP contribution is -2.18. The maximum absolute atomic E-state index is 13.7. The second kappa shape index (κ2) is 6.07. The quantitative estimate of drug-likeness (QED) is 0.818. The van der Waals surface area contributed by atoms with Crippen molar-refractivity contribution >= 4 is 0 Å². The van der Waals surface area contributed by atoms with Gasteiger partial charge in [0.1, 0.15) is 18.2 Å². The molecule has 0 unspecified atom stereocenters. The number of rotatable bonds is 5. The lowest BCUT2D eigenvalue weighted by atomic mass is 10.1. The number of hydrogen-bond donors (Lipinski definition) is 1. The van der Waals surface area contributed by atoms with Gasteiger partial charge in [0, 0.05) is 32.1 Å². The Morgan fingerprint density at radius 2 is 2.32 bits per heavy atom. The summed E-state index contributed by atoms with van der Waals surface area (Å²) in [6.07, 6.45) is 2.33. The van der Waals surface area contributed by atoms with Crippen molar-refractivity contribution in [2.45, 2.75) is 13.0 Å². The Balaban J connectivity index is 1.85. The van der Waals surface area contributed by atoms with E-state index >= 15 is 0 Å². The molecule has 0 fully saturated rings. The van der Waals surface area contributed by atoms with Crippen molar-refractivity contribution < 1.29 is 4.39 Å². The van der Waals surface area contributed by atoms with E-state index in [0.29, 0.717) is 25.1 Å². The highest BCUT2D eigenvalue weighted by atomic mass is 19.1. The Morgan fingerprint density at radius 1 is 1.47 bits per heavy atom. The molecule has 0 aliphatic rings. The Bertz CT molecular complexity index is 599. The first-order valence-electron chi connectivity index (χ1n) is 5.93. The van der Waals surface area contributed by atoms with Crippen molar-refractivity contribution in [3.8, 4) is 6.07 Å². The standard InChI is InChI=1S/C13H14FN5/c1-19-9-17-12(18-19)5-6-16-8-11-4-2-3-10(7-15)13(11)14/h2-4,9,16H,5-6,8H2,1H3. The zero-order valence-corrected chi connectivity index (χ0v) is 10.6. The van der Waals surface area contributed by atoms with Gasteiger partial charge >= 0.3 is 0 Å². The van der Waals surface area contributed by atoms with Gasteiger partial charge in [0.05, 0.1) is 5.56 Å². The van der Waals surface area contributed by atoms with E-state index in [4.69, 9.17) is 5.26 Å². The van der Waals surface area contributed by atoms with Crippen LogP contribution >= 0.6 is 0 Å². The van der Waals surface area contributed by atoms with E-state index in [9.17, 15) is 4.39 Å². The molecule has 5 nitrogen and oxygen atoms in total. The Morgan fingerprint density at radius 3 is 3.00 bits per heavy atom. The largest absolute Gasteiger partial charge is 0.312 e. The number of nitrogens with one attached hydrogen (secondary N) is 1. The van der Waals surface area contributed by atoms with E-state index in [-0.39, 0.29) is 5.56 Å². The van der Waals surface area contributed by atoms with Gasteiger partial charge in [-0.25, -0.2) is 9.37 Å². The van der Waals surface area contributed by atoms with Crippen LogP contribution in [0.2, 0.25) is 0 Å². The van der Waals surface area contributed by atoms with Gasteiger partial charge < -0.3 is 5.32 Å². The summed E-state index contributed by atoms with van der Waals surface area (Å²) in [4.78, 5) is 4.10. The Hall–Kier alpha value is -2.26. The van der Waals surface area contributed by atoms with Crippen molar-refractivity contribution in [3.63, 3.8) is 0 Å². The SMILES string of the molecule is Cn1cnc(CCNCc2cccc(C#N)c2F)n1. The topological polar surface area (TPSA) is 66.5 Å². The van der Waals surface area contributed by atoms with Crippen LogP contribution < -0.4 is 5.32 Å². The van der Waals surface area contributed by atoms with E-state index in [1.54, 1.807) is 23.1 Å². The van der Waals surface area contributed by atoms with Gasteiger partial charge in [-0.05, 0) is 6.07 Å². The van der Waals surface area contributed by atoms with Crippen LogP contribution in [0, 0.1) is 17.1 Å². The van der Waals surface area contributed by atoms with Crippen LogP contribution in [0.4, 0.5) is 4.39 Å². The zero-order valence-electron chi connectivity index (χ0n) is 10.6. The third-order valence-corrected chi connectivity index (χ3v) is 2.69. The fourth-order valence-corrected chi connectivity index (χ4v) is 1.72. The molecule has 98 valence electrons. The molecule has 0 amide bonds. The highest BCUT2D eigenvalue weighted by Gasteiger charge is 2.06. The minimum atomic E-state index is -0.450. The molecule has 1 heterocycles. The summed E-state index contributed by atoms with van der Waals surface area (Å²) in [6.45, 7) is 1.04. The first-order valence-corrected chi connectivity index (χ1v) is 5.93. The molecule has 1 aromatic heterocycles. The Kier molecular flexibility index (Phi) is 4.21. The molecule has 0 aliphatic carbocycles. The van der Waals surface area contributed by atoms with Gasteiger partial charge in [0.25, 0.3) is 0 Å². The molecule has 2 aromatic rings. The summed E-state index contributed by atoms with van der Waals surface area (Å²) in [5.41, 5.74) is 0.568. The highest BCUT2D eigenvalue weighted by molar-refractivity contribution is 5.34. The minimum absolute atomic E-state index is 0.0747. The third kappa shape index (κ3) is 3.36. The molecule has 0 bridgehead atoms. The van der Waals surface area contributed by atoms with Crippen LogP contribution in [0.1, 0.15) is 17.0 Å². The lowest BCUT2D eigenvalue weighted by molar-refractivity contribution is 0.583. The van der Waals surface area contributed by atoms with Gasteiger partial charge in [-0.3, -0.25) is 4.68 Å². The van der Waals surface area contributed by atoms with Gasteiger partial charge in [0.15, 0.2) is 5.82 Å². The van der Waals surface area contributed by atoms with Gasteiger partial charge in [-0.1, -0.05) is 12.1 Å². The molecule has 0 spiro atoms. The van der Waals surface area contributed by atoms with Crippen LogP contribution in [0.3, 0.4) is 0 Å². The number of aromatic nitrogens is 3. The van der Waals surface area contributed by atoms with E-state index < -0.39 is 5.82 Å². The molecule has 0 radical (unpaired) electrons. The lowest BCUT2D eigenvalue weighted by Gasteiger charge is -2.05. The molecule has 0 atom stereocenters. The zero-order chi connectivity index (χ0) is 13.7. The van der Waals surface area contributed by atoms with Crippen LogP contribution in [0.25, 0.3) is 0 Å². The van der Waals surface area contributed by atoms with Gasteiger partial charge in [0.2, 0.25) is 0 Å². The highest BCUT2D eigenvalue weighted by Crippen LogP contribution is 2.11. The molecule has 2 rings (SSSR count). The monoisotopic (exact) mass is 259 g/mol. The average Bonchev–Trinajstić information content (AvgIpc) is 2.82. The summed E-state index contributed by atoms with van der Waals surface area (Å²) >= 11 is 0. The van der Waals surface area contributed by atoms with Crippen LogP contribution in [0.15, 0.2) is 24.5 Å². The maximum atomic E-state index is 13.7. The summed E-state index contributed by atoms with van der Waals surface area (Å²) in [5, 5.41) is 16.0. The summed E-state index contributed by atoms with van der Waals surface area (Å²) < 4.78 is 15.4. The van der Waals surface area contributed by atoms with Crippen LogP contribution in [-0.2, 0) is 20.0 Å². The number of hydrogen-bond acceptors (Lipinski definition) is 4. The van der Waals surface area contributed by atoms with E-state index in [1.165, 1.54) is 6.07 Å². The van der Waals surface area contributed by atoms with Crippen LogP contribution in [0.5, 0.6) is 0 Å². The third-order valence-electron chi connectivity index (χ3n) is 2.69. The second-order valence-electron chi connectivity index (χ2n) is 4.15. The summed E-state index contributed by atoms with van der Waals surface area (Å²) in [6, 6.07) is 6.65. The molecule has 1 N–H and O–H groups in total. The average molecular weight is 259 g/mol. The Labute approximate surface area is 110 Å². The molecule has 1 aromatic carbocycles. The molecular formula is C13H14FN5. The number of nitrogens with zero attached hydrogens (tertiary/aromatic N) is 4. The normalized spacial score (nSPS) is 10.4.